The second kappa shape index (κ2) is 8.42. The predicted octanol–water partition coefficient (Wildman–Crippen LogP) is 4.22. The monoisotopic (exact) mass is 443 g/mol. The molecule has 0 aliphatic carbocycles. The van der Waals surface area contributed by atoms with Crippen molar-refractivity contribution in [3.8, 4) is 0 Å². The number of hydrogen-bond acceptors (Lipinski definition) is 4. The van der Waals surface area contributed by atoms with Crippen molar-refractivity contribution in [3.63, 3.8) is 0 Å². The van der Waals surface area contributed by atoms with E-state index in [9.17, 15) is 9.59 Å². The van der Waals surface area contributed by atoms with Crippen LogP contribution in [-0.4, -0.2) is 54.3 Å². The molecule has 2 amide bonds. The van der Waals surface area contributed by atoms with Gasteiger partial charge in [-0.2, -0.15) is 0 Å². The Morgan fingerprint density at radius 1 is 0.933 bits per heavy atom. The second-order valence-electron chi connectivity index (χ2n) is 7.55. The smallest absolute Gasteiger partial charge is 0.282 e. The summed E-state index contributed by atoms with van der Waals surface area (Å²) in [6.45, 7) is 8.06. The molecule has 0 saturated carbocycles. The summed E-state index contributed by atoms with van der Waals surface area (Å²) in [6.07, 6.45) is 0. The highest BCUT2D eigenvalue weighted by Crippen LogP contribution is 2.38. The van der Waals surface area contributed by atoms with Gasteiger partial charge in [-0.15, -0.1) is 0 Å². The van der Waals surface area contributed by atoms with Crippen molar-refractivity contribution in [2.75, 3.05) is 37.6 Å². The van der Waals surface area contributed by atoms with Gasteiger partial charge < -0.3 is 9.80 Å². The summed E-state index contributed by atoms with van der Waals surface area (Å²) in [6, 6.07) is 12.4. The minimum absolute atomic E-state index is 0.309. The highest BCUT2D eigenvalue weighted by molar-refractivity contribution is 6.47. The molecule has 2 aliphatic heterocycles. The lowest BCUT2D eigenvalue weighted by atomic mass is 10.0. The SMILES string of the molecule is CCN1CCN(C2=C(c3ccc(Cl)cc3Cl)C(=O)N(c3cccc(C)c3)C2=O)CC1. The molecule has 7 heteroatoms. The summed E-state index contributed by atoms with van der Waals surface area (Å²) < 4.78 is 0. The van der Waals surface area contributed by atoms with Crippen molar-refractivity contribution >= 4 is 46.3 Å². The number of imide groups is 1. The van der Waals surface area contributed by atoms with Crippen molar-refractivity contribution in [3.05, 3.63) is 69.3 Å². The first-order chi connectivity index (χ1) is 14.4. The quantitative estimate of drug-likeness (QED) is 0.663. The first-order valence-corrected chi connectivity index (χ1v) is 10.8. The zero-order chi connectivity index (χ0) is 21.4. The van der Waals surface area contributed by atoms with Crippen molar-refractivity contribution in [1.82, 2.24) is 9.80 Å². The molecule has 30 heavy (non-hydrogen) atoms. The summed E-state index contributed by atoms with van der Waals surface area (Å²) in [4.78, 5) is 32.7. The van der Waals surface area contributed by atoms with Gasteiger partial charge in [0.05, 0.1) is 16.3 Å². The van der Waals surface area contributed by atoms with Crippen LogP contribution in [0.4, 0.5) is 5.69 Å². The normalized spacial score (nSPS) is 18.0. The molecule has 0 aromatic heterocycles. The Hall–Kier alpha value is -2.34. The average molecular weight is 444 g/mol. The molecule has 2 aromatic rings. The van der Waals surface area contributed by atoms with Crippen LogP contribution in [0.1, 0.15) is 18.1 Å². The van der Waals surface area contributed by atoms with E-state index in [4.69, 9.17) is 23.2 Å². The molecule has 0 radical (unpaired) electrons. The minimum Gasteiger partial charge on any atom is -0.364 e. The topological polar surface area (TPSA) is 43.9 Å². The Morgan fingerprint density at radius 2 is 1.67 bits per heavy atom. The number of rotatable bonds is 4. The molecule has 5 nitrogen and oxygen atoms in total. The first kappa shape index (κ1) is 20.9. The summed E-state index contributed by atoms with van der Waals surface area (Å²) in [5, 5.41) is 0.837. The Kier molecular flexibility index (Phi) is 5.87. The number of nitrogens with zero attached hydrogens (tertiary/aromatic N) is 3. The molecule has 4 rings (SSSR count). The number of likely N-dealkylation sites (N-methyl/N-ethyl adjacent to an activating group) is 1. The zero-order valence-electron chi connectivity index (χ0n) is 17.0. The number of aryl methyl sites for hydroxylation is 1. The standard InChI is InChI=1S/C23H23Cl2N3O2/c1-3-26-9-11-27(12-10-26)21-20(18-8-7-16(24)14-19(18)25)22(29)28(23(21)30)17-6-4-5-15(2)13-17/h4-8,13-14H,3,9-12H2,1-2H3. The fourth-order valence-corrected chi connectivity index (χ4v) is 4.54. The van der Waals surface area contributed by atoms with Crippen LogP contribution in [-0.2, 0) is 9.59 Å². The van der Waals surface area contributed by atoms with Gasteiger partial charge in [0.1, 0.15) is 5.70 Å². The van der Waals surface area contributed by atoms with Gasteiger partial charge in [-0.25, -0.2) is 4.90 Å². The summed E-state index contributed by atoms with van der Waals surface area (Å²) in [7, 11) is 0. The Bertz CT molecular complexity index is 1040. The number of benzene rings is 2. The number of carbonyl (C=O) groups is 2. The minimum atomic E-state index is -0.359. The van der Waals surface area contributed by atoms with Crippen molar-refractivity contribution < 1.29 is 9.59 Å². The summed E-state index contributed by atoms with van der Waals surface area (Å²) in [5.41, 5.74) is 2.83. The van der Waals surface area contributed by atoms with Crippen LogP contribution in [0.25, 0.3) is 5.57 Å². The van der Waals surface area contributed by atoms with Crippen LogP contribution in [0.5, 0.6) is 0 Å². The second-order valence-corrected chi connectivity index (χ2v) is 8.40. The molecule has 2 aliphatic rings. The highest BCUT2D eigenvalue weighted by atomic mass is 35.5. The predicted molar refractivity (Wildman–Crippen MR) is 121 cm³/mol. The molecule has 1 fully saturated rings. The van der Waals surface area contributed by atoms with Crippen LogP contribution in [0.15, 0.2) is 48.2 Å². The largest absolute Gasteiger partial charge is 0.364 e. The Morgan fingerprint density at radius 3 is 2.30 bits per heavy atom. The molecule has 2 aromatic carbocycles. The van der Waals surface area contributed by atoms with Gasteiger partial charge in [0.2, 0.25) is 0 Å². The van der Waals surface area contributed by atoms with E-state index in [0.29, 0.717) is 45.7 Å². The lowest BCUT2D eigenvalue weighted by Crippen LogP contribution is -2.47. The van der Waals surface area contributed by atoms with Crippen LogP contribution in [0.2, 0.25) is 10.0 Å². The number of anilines is 1. The average Bonchev–Trinajstić information content (AvgIpc) is 2.98. The third-order valence-electron chi connectivity index (χ3n) is 5.66. The van der Waals surface area contributed by atoms with Gasteiger partial charge in [0.15, 0.2) is 0 Å². The maximum Gasteiger partial charge on any atom is 0.282 e. The van der Waals surface area contributed by atoms with E-state index in [1.807, 2.05) is 30.0 Å². The third-order valence-corrected chi connectivity index (χ3v) is 6.20. The van der Waals surface area contributed by atoms with Gasteiger partial charge in [0.25, 0.3) is 11.8 Å². The molecule has 156 valence electrons. The van der Waals surface area contributed by atoms with Crippen molar-refractivity contribution in [1.29, 1.82) is 0 Å². The van der Waals surface area contributed by atoms with Crippen molar-refractivity contribution in [2.45, 2.75) is 13.8 Å². The molecule has 2 heterocycles. The summed E-state index contributed by atoms with van der Waals surface area (Å²) in [5.74, 6) is -0.667. The van der Waals surface area contributed by atoms with Crippen LogP contribution in [0.3, 0.4) is 0 Å². The van der Waals surface area contributed by atoms with E-state index in [0.717, 1.165) is 25.2 Å². The van der Waals surface area contributed by atoms with Crippen molar-refractivity contribution in [2.24, 2.45) is 0 Å². The lowest BCUT2D eigenvalue weighted by molar-refractivity contribution is -0.120. The van der Waals surface area contributed by atoms with Crippen LogP contribution >= 0.6 is 23.2 Å². The number of amides is 2. The van der Waals surface area contributed by atoms with E-state index in [-0.39, 0.29) is 11.8 Å². The molecule has 0 spiro atoms. The molecular formula is C23H23Cl2N3O2. The van der Waals surface area contributed by atoms with E-state index in [2.05, 4.69) is 11.8 Å². The molecule has 0 bridgehead atoms. The van der Waals surface area contributed by atoms with Crippen LogP contribution < -0.4 is 4.90 Å². The van der Waals surface area contributed by atoms with Gasteiger partial charge in [0, 0.05) is 36.8 Å². The van der Waals surface area contributed by atoms with E-state index in [1.54, 1.807) is 24.3 Å². The lowest BCUT2D eigenvalue weighted by Gasteiger charge is -2.36. The Balaban J connectivity index is 1.82. The molecule has 0 unspecified atom stereocenters. The van der Waals surface area contributed by atoms with E-state index >= 15 is 0 Å². The van der Waals surface area contributed by atoms with Gasteiger partial charge in [-0.1, -0.05) is 48.3 Å². The number of carbonyl (C=O) groups excluding carboxylic acids is 2. The van der Waals surface area contributed by atoms with Crippen LogP contribution in [0, 0.1) is 6.92 Å². The molecule has 0 N–H and O–H groups in total. The van der Waals surface area contributed by atoms with E-state index in [1.165, 1.54) is 4.90 Å². The van der Waals surface area contributed by atoms with Gasteiger partial charge in [-0.05, 0) is 43.3 Å². The summed E-state index contributed by atoms with van der Waals surface area (Å²) >= 11 is 12.5. The number of piperazine rings is 1. The Labute approximate surface area is 186 Å². The van der Waals surface area contributed by atoms with Gasteiger partial charge >= 0.3 is 0 Å². The number of hydrogen-bond donors (Lipinski definition) is 0. The van der Waals surface area contributed by atoms with E-state index < -0.39 is 0 Å². The zero-order valence-corrected chi connectivity index (χ0v) is 18.5. The maximum absolute atomic E-state index is 13.6. The third kappa shape index (κ3) is 3.73. The van der Waals surface area contributed by atoms with Gasteiger partial charge in [-0.3, -0.25) is 9.59 Å². The first-order valence-electron chi connectivity index (χ1n) is 10.0. The molecule has 1 saturated heterocycles. The fraction of sp³-hybridized carbons (Fsp3) is 0.304. The molecule has 0 atom stereocenters. The molecular weight excluding hydrogens is 421 g/mol. The maximum atomic E-state index is 13.6. The number of halogens is 2. The fourth-order valence-electron chi connectivity index (χ4n) is 4.04. The highest BCUT2D eigenvalue weighted by Gasteiger charge is 2.43.